The van der Waals surface area contributed by atoms with Crippen LogP contribution in [0.4, 0.5) is 0 Å². The molecule has 0 aromatic heterocycles. The summed E-state index contributed by atoms with van der Waals surface area (Å²) in [7, 11) is 0. The molecular formula is C11H16. The lowest BCUT2D eigenvalue weighted by atomic mass is 10.2. The molecule has 0 aliphatic heterocycles. The van der Waals surface area contributed by atoms with Gasteiger partial charge in [0.15, 0.2) is 0 Å². The maximum atomic E-state index is 3.79. The molecule has 0 fully saturated rings. The topological polar surface area (TPSA) is 0 Å². The Morgan fingerprint density at radius 1 is 1.36 bits per heavy atom. The fraction of sp³-hybridized carbons (Fsp3) is 0.364. The first kappa shape index (κ1) is 10.0. The minimum atomic E-state index is 0.935. The van der Waals surface area contributed by atoms with Crippen molar-refractivity contribution in [2.75, 3.05) is 0 Å². The van der Waals surface area contributed by atoms with Gasteiger partial charge in [0.1, 0.15) is 0 Å². The van der Waals surface area contributed by atoms with Gasteiger partial charge in [-0.3, -0.25) is 0 Å². The molecule has 11 heavy (non-hydrogen) atoms. The van der Waals surface area contributed by atoms with Crippen LogP contribution in [0.25, 0.3) is 0 Å². The van der Waals surface area contributed by atoms with E-state index in [4.69, 9.17) is 0 Å². The molecule has 0 atom stereocenters. The second-order valence-corrected chi connectivity index (χ2v) is 2.60. The van der Waals surface area contributed by atoms with E-state index in [9.17, 15) is 0 Å². The summed E-state index contributed by atoms with van der Waals surface area (Å²) in [6.07, 6.45) is 8.96. The van der Waals surface area contributed by atoms with E-state index in [0.717, 1.165) is 19.3 Å². The van der Waals surface area contributed by atoms with Crippen LogP contribution in [-0.4, -0.2) is 0 Å². The van der Waals surface area contributed by atoms with Gasteiger partial charge in [-0.1, -0.05) is 18.2 Å². The van der Waals surface area contributed by atoms with E-state index in [-0.39, 0.29) is 0 Å². The van der Waals surface area contributed by atoms with Gasteiger partial charge in [-0.2, -0.15) is 0 Å². The summed E-state index contributed by atoms with van der Waals surface area (Å²) in [4.78, 5) is 0. The van der Waals surface area contributed by atoms with Gasteiger partial charge in [-0.25, -0.2) is 0 Å². The van der Waals surface area contributed by atoms with Gasteiger partial charge >= 0.3 is 0 Å². The lowest BCUT2D eigenvalue weighted by Crippen LogP contribution is -1.64. The zero-order valence-corrected chi connectivity index (χ0v) is 7.27. The van der Waals surface area contributed by atoms with Gasteiger partial charge in [-0.15, -0.1) is 12.3 Å². The Bertz CT molecular complexity index is 178. The second-order valence-electron chi connectivity index (χ2n) is 2.60. The fourth-order valence-corrected chi connectivity index (χ4v) is 0.601. The van der Waals surface area contributed by atoms with E-state index in [1.807, 2.05) is 25.2 Å². The van der Waals surface area contributed by atoms with Crippen molar-refractivity contribution in [3.8, 4) is 0 Å². The van der Waals surface area contributed by atoms with Crippen molar-refractivity contribution < 1.29 is 0 Å². The molecule has 0 spiro atoms. The highest BCUT2D eigenvalue weighted by Gasteiger charge is 1.75. The molecule has 0 bridgehead atoms. The van der Waals surface area contributed by atoms with Crippen molar-refractivity contribution in [2.45, 2.75) is 26.2 Å². The van der Waals surface area contributed by atoms with E-state index in [0.29, 0.717) is 0 Å². The molecule has 0 saturated carbocycles. The number of hydrogen-bond donors (Lipinski definition) is 0. The number of allylic oxidation sites excluding steroid dienone is 3. The molecule has 0 saturated heterocycles. The predicted octanol–water partition coefficient (Wildman–Crippen LogP) is 3.63. The van der Waals surface area contributed by atoms with Crippen molar-refractivity contribution in [1.82, 2.24) is 0 Å². The molecule has 0 aliphatic carbocycles. The highest BCUT2D eigenvalue weighted by molar-refractivity contribution is 4.98. The van der Waals surface area contributed by atoms with Crippen molar-refractivity contribution >= 4 is 0 Å². The lowest BCUT2D eigenvalue weighted by Gasteiger charge is -1.84. The number of rotatable bonds is 5. The summed E-state index contributed by atoms with van der Waals surface area (Å²) >= 11 is 0. The molecule has 0 aromatic rings. The van der Waals surface area contributed by atoms with Crippen LogP contribution in [0.5, 0.6) is 0 Å². The maximum absolute atomic E-state index is 3.79. The van der Waals surface area contributed by atoms with E-state index in [2.05, 4.69) is 18.9 Å². The summed E-state index contributed by atoms with van der Waals surface area (Å²) in [5.74, 6) is 0. The first-order chi connectivity index (χ1) is 5.27. The predicted molar refractivity (Wildman–Crippen MR) is 51.5 cm³/mol. The first-order valence-electron chi connectivity index (χ1n) is 3.92. The molecule has 0 aromatic carbocycles. The molecule has 0 heteroatoms. The minimum absolute atomic E-state index is 0.935. The Labute approximate surface area is 69.6 Å². The molecule has 0 nitrogen and oxygen atoms in total. The van der Waals surface area contributed by atoms with Crippen LogP contribution in [0, 0.1) is 0 Å². The molecular weight excluding hydrogens is 132 g/mol. The monoisotopic (exact) mass is 148 g/mol. The van der Waals surface area contributed by atoms with Gasteiger partial charge in [0.2, 0.25) is 0 Å². The third-order valence-electron chi connectivity index (χ3n) is 1.20. The second kappa shape index (κ2) is 7.11. The zero-order chi connectivity index (χ0) is 8.53. The van der Waals surface area contributed by atoms with Gasteiger partial charge in [-0.05, 0) is 38.3 Å². The van der Waals surface area contributed by atoms with Gasteiger partial charge in [0, 0.05) is 0 Å². The van der Waals surface area contributed by atoms with Crippen LogP contribution < -0.4 is 0 Å². The molecule has 60 valence electrons. The average Bonchev–Trinajstić information content (AvgIpc) is 1.96. The Morgan fingerprint density at radius 2 is 2.09 bits per heavy atom. The average molecular weight is 148 g/mol. The summed E-state index contributed by atoms with van der Waals surface area (Å²) < 4.78 is 0. The van der Waals surface area contributed by atoms with Crippen LogP contribution in [0.1, 0.15) is 26.2 Å². The van der Waals surface area contributed by atoms with E-state index >= 15 is 0 Å². The number of unbranched alkanes of at least 4 members (excludes halogenated alkanes) is 1. The van der Waals surface area contributed by atoms with Crippen molar-refractivity contribution in [2.24, 2.45) is 0 Å². The molecule has 0 amide bonds. The Kier molecular flexibility index (Phi) is 6.46. The van der Waals surface area contributed by atoms with Crippen molar-refractivity contribution in [3.05, 3.63) is 42.7 Å². The molecule has 0 radical (unpaired) electrons. The van der Waals surface area contributed by atoms with Crippen molar-refractivity contribution in [3.63, 3.8) is 0 Å². The quantitative estimate of drug-likeness (QED) is 0.317. The molecule has 0 heterocycles. The Morgan fingerprint density at radius 3 is 2.64 bits per heavy atom. The van der Waals surface area contributed by atoms with Gasteiger partial charge in [0.05, 0.1) is 0 Å². The van der Waals surface area contributed by atoms with Gasteiger partial charge < -0.3 is 0 Å². The molecule has 0 rings (SSSR count). The van der Waals surface area contributed by atoms with Crippen LogP contribution in [0.3, 0.4) is 0 Å². The normalized spacial score (nSPS) is 8.09. The molecule has 0 aliphatic rings. The summed E-state index contributed by atoms with van der Waals surface area (Å²) in [5.41, 5.74) is 4.27. The van der Waals surface area contributed by atoms with Crippen LogP contribution in [0.2, 0.25) is 0 Å². The summed E-state index contributed by atoms with van der Waals surface area (Å²) in [5, 5.41) is 0. The van der Waals surface area contributed by atoms with Crippen molar-refractivity contribution in [1.29, 1.82) is 0 Å². The highest BCUT2D eigenvalue weighted by atomic mass is 13.8. The minimum Gasteiger partial charge on any atom is -0.129 e. The SMILES string of the molecule is C=CCCC=C=CCC(=C)C. The highest BCUT2D eigenvalue weighted by Crippen LogP contribution is 1.95. The van der Waals surface area contributed by atoms with Crippen LogP contribution >= 0.6 is 0 Å². The van der Waals surface area contributed by atoms with Crippen LogP contribution in [-0.2, 0) is 0 Å². The zero-order valence-electron chi connectivity index (χ0n) is 7.27. The standard InChI is InChI=1S/C11H16/c1-4-5-6-7-8-9-10-11(2)3/h4,7,9H,1-2,5-6,10H2,3H3. The lowest BCUT2D eigenvalue weighted by molar-refractivity contribution is 1.06. The summed E-state index contributed by atoms with van der Waals surface area (Å²) in [6.45, 7) is 9.44. The van der Waals surface area contributed by atoms with E-state index < -0.39 is 0 Å². The Hall–Kier alpha value is -1.00. The maximum Gasteiger partial charge on any atom is -0.00682 e. The third-order valence-corrected chi connectivity index (χ3v) is 1.20. The van der Waals surface area contributed by atoms with Crippen LogP contribution in [0.15, 0.2) is 42.7 Å². The largest absolute Gasteiger partial charge is 0.129 e. The van der Waals surface area contributed by atoms with E-state index in [1.54, 1.807) is 0 Å². The molecule has 0 unspecified atom stereocenters. The fourth-order valence-electron chi connectivity index (χ4n) is 0.601. The summed E-state index contributed by atoms with van der Waals surface area (Å²) in [6, 6.07) is 0. The first-order valence-corrected chi connectivity index (χ1v) is 3.92. The number of hydrogen-bond acceptors (Lipinski definition) is 0. The Balaban J connectivity index is 3.46. The van der Waals surface area contributed by atoms with E-state index in [1.165, 1.54) is 5.57 Å². The van der Waals surface area contributed by atoms with Gasteiger partial charge in [0.25, 0.3) is 0 Å². The molecule has 0 N–H and O–H groups in total. The third kappa shape index (κ3) is 9.00. The smallest absolute Gasteiger partial charge is 0.00682 e.